The van der Waals surface area contributed by atoms with Gasteiger partial charge in [0.1, 0.15) is 6.10 Å². The topological polar surface area (TPSA) is 72.0 Å². The fourth-order valence-corrected chi connectivity index (χ4v) is 3.26. The number of fused-ring (bicyclic) bond motifs is 1. The van der Waals surface area contributed by atoms with E-state index < -0.39 is 6.10 Å². The van der Waals surface area contributed by atoms with Crippen LogP contribution in [-0.4, -0.2) is 20.1 Å². The number of hydrogen-bond donors (Lipinski definition) is 1. The van der Waals surface area contributed by atoms with E-state index in [9.17, 15) is 5.11 Å². The zero-order valence-corrected chi connectivity index (χ0v) is 15.7. The van der Waals surface area contributed by atoms with E-state index in [1.165, 1.54) is 5.56 Å². The van der Waals surface area contributed by atoms with Gasteiger partial charge >= 0.3 is 0 Å². The highest BCUT2D eigenvalue weighted by Gasteiger charge is 2.16. The maximum atomic E-state index is 10.4. The van der Waals surface area contributed by atoms with Crippen LogP contribution in [-0.2, 0) is 6.42 Å². The molecule has 28 heavy (non-hydrogen) atoms. The van der Waals surface area contributed by atoms with Crippen LogP contribution in [0.5, 0.6) is 0 Å². The molecule has 0 saturated carbocycles. The minimum absolute atomic E-state index is 0.337. The lowest BCUT2D eigenvalue weighted by molar-refractivity contribution is 0.133. The molecule has 0 aliphatic rings. The third-order valence-corrected chi connectivity index (χ3v) is 4.80. The van der Waals surface area contributed by atoms with Gasteiger partial charge in [0.15, 0.2) is 11.2 Å². The summed E-state index contributed by atoms with van der Waals surface area (Å²) in [5.41, 5.74) is 4.14. The van der Waals surface area contributed by atoms with E-state index >= 15 is 0 Å². The van der Waals surface area contributed by atoms with Crippen LogP contribution in [0.25, 0.3) is 22.5 Å². The summed E-state index contributed by atoms with van der Waals surface area (Å²) in [5.74, 6) is 0.337. The summed E-state index contributed by atoms with van der Waals surface area (Å²) in [5, 5.41) is 10.4. The number of hydrogen-bond acceptors (Lipinski definition) is 5. The molecule has 0 fully saturated rings. The van der Waals surface area contributed by atoms with Gasteiger partial charge in [-0.15, -0.1) is 0 Å². The first-order valence-corrected chi connectivity index (χ1v) is 9.69. The lowest BCUT2D eigenvalue weighted by atomic mass is 10.0. The molecule has 3 heterocycles. The Morgan fingerprint density at radius 3 is 2.61 bits per heavy atom. The first-order valence-electron chi connectivity index (χ1n) is 9.69. The van der Waals surface area contributed by atoms with Gasteiger partial charge in [0.05, 0.1) is 5.69 Å². The quantitative estimate of drug-likeness (QED) is 0.434. The number of oxazole rings is 1. The van der Waals surface area contributed by atoms with Gasteiger partial charge in [-0.25, -0.2) is 4.98 Å². The highest BCUT2D eigenvalue weighted by Crippen LogP contribution is 2.26. The smallest absolute Gasteiger partial charge is 0.225 e. The highest BCUT2D eigenvalue weighted by atomic mass is 16.4. The fraction of sp³-hybridized carbons (Fsp3) is 0.261. The van der Waals surface area contributed by atoms with Crippen LogP contribution in [0.15, 0.2) is 71.4 Å². The normalized spacial score (nSPS) is 12.3. The van der Waals surface area contributed by atoms with Crippen molar-refractivity contribution in [2.75, 3.05) is 0 Å². The van der Waals surface area contributed by atoms with Crippen LogP contribution in [0, 0.1) is 0 Å². The van der Waals surface area contributed by atoms with E-state index in [1.54, 1.807) is 12.4 Å². The molecule has 0 spiro atoms. The SMILES string of the molecule is OC(CCCCCc1ccccc1)c1nc2ncc(-c3ccccn3)cc2o1. The number of rotatable bonds is 8. The van der Waals surface area contributed by atoms with Gasteiger partial charge in [0.2, 0.25) is 5.89 Å². The summed E-state index contributed by atoms with van der Waals surface area (Å²) in [7, 11) is 0. The predicted octanol–water partition coefficient (Wildman–Crippen LogP) is 5.12. The first kappa shape index (κ1) is 18.3. The Bertz CT molecular complexity index is 1020. The van der Waals surface area contributed by atoms with E-state index in [4.69, 9.17) is 4.42 Å². The number of aromatic nitrogens is 3. The molecule has 4 rings (SSSR count). The first-order chi connectivity index (χ1) is 13.8. The highest BCUT2D eigenvalue weighted by molar-refractivity contribution is 5.74. The Labute approximate surface area is 164 Å². The van der Waals surface area contributed by atoms with Gasteiger partial charge in [-0.05, 0) is 43.0 Å². The summed E-state index contributed by atoms with van der Waals surface area (Å²) in [6.07, 6.45) is 7.57. The van der Waals surface area contributed by atoms with Crippen LogP contribution >= 0.6 is 0 Å². The maximum Gasteiger partial charge on any atom is 0.225 e. The lowest BCUT2D eigenvalue weighted by Gasteiger charge is -2.06. The third kappa shape index (κ3) is 4.43. The molecule has 0 bridgehead atoms. The van der Waals surface area contributed by atoms with Crippen LogP contribution < -0.4 is 0 Å². The average Bonchev–Trinajstić information content (AvgIpc) is 3.18. The molecule has 1 aromatic carbocycles. The molecule has 0 amide bonds. The molecule has 0 aliphatic carbocycles. The lowest BCUT2D eigenvalue weighted by Crippen LogP contribution is -1.98. The molecule has 5 nitrogen and oxygen atoms in total. The second-order valence-electron chi connectivity index (χ2n) is 6.91. The molecule has 0 radical (unpaired) electrons. The van der Waals surface area contributed by atoms with Crippen molar-refractivity contribution >= 4 is 11.2 Å². The minimum atomic E-state index is -0.704. The molecule has 5 heteroatoms. The predicted molar refractivity (Wildman–Crippen MR) is 109 cm³/mol. The second-order valence-corrected chi connectivity index (χ2v) is 6.91. The van der Waals surface area contributed by atoms with E-state index in [0.29, 0.717) is 23.5 Å². The van der Waals surface area contributed by atoms with E-state index in [2.05, 4.69) is 39.2 Å². The third-order valence-electron chi connectivity index (χ3n) is 4.80. The fourth-order valence-electron chi connectivity index (χ4n) is 3.26. The monoisotopic (exact) mass is 373 g/mol. The van der Waals surface area contributed by atoms with Crippen molar-refractivity contribution in [1.82, 2.24) is 15.0 Å². The van der Waals surface area contributed by atoms with Crippen molar-refractivity contribution in [3.63, 3.8) is 0 Å². The van der Waals surface area contributed by atoms with Crippen molar-refractivity contribution in [3.05, 3.63) is 78.4 Å². The van der Waals surface area contributed by atoms with Gasteiger partial charge in [-0.2, -0.15) is 4.98 Å². The molecule has 0 aliphatic heterocycles. The molecule has 0 saturated heterocycles. The van der Waals surface area contributed by atoms with Crippen molar-refractivity contribution in [2.24, 2.45) is 0 Å². The van der Waals surface area contributed by atoms with Crippen LogP contribution in [0.4, 0.5) is 0 Å². The second kappa shape index (κ2) is 8.76. The molecular formula is C23H23N3O2. The number of aryl methyl sites for hydroxylation is 1. The van der Waals surface area contributed by atoms with Crippen molar-refractivity contribution in [3.8, 4) is 11.3 Å². The summed E-state index contributed by atoms with van der Waals surface area (Å²) in [6.45, 7) is 0. The number of unbranched alkanes of at least 4 members (excludes halogenated alkanes) is 2. The molecule has 1 N–H and O–H groups in total. The van der Waals surface area contributed by atoms with Crippen molar-refractivity contribution in [2.45, 2.75) is 38.2 Å². The largest absolute Gasteiger partial charge is 0.436 e. The molecule has 3 aromatic heterocycles. The van der Waals surface area contributed by atoms with E-state index in [0.717, 1.165) is 36.9 Å². The summed E-state index contributed by atoms with van der Waals surface area (Å²) in [6, 6.07) is 18.1. The molecule has 142 valence electrons. The Morgan fingerprint density at radius 1 is 0.929 bits per heavy atom. The molecular weight excluding hydrogens is 350 g/mol. The molecule has 4 aromatic rings. The number of nitrogens with zero attached hydrogens (tertiary/aromatic N) is 3. The Morgan fingerprint density at radius 2 is 1.79 bits per heavy atom. The number of aliphatic hydroxyl groups excluding tert-OH is 1. The number of aliphatic hydroxyl groups is 1. The van der Waals surface area contributed by atoms with Crippen LogP contribution in [0.2, 0.25) is 0 Å². The van der Waals surface area contributed by atoms with E-state index in [1.807, 2.05) is 30.3 Å². The Balaban J connectivity index is 1.33. The van der Waals surface area contributed by atoms with Gasteiger partial charge in [0.25, 0.3) is 0 Å². The average molecular weight is 373 g/mol. The van der Waals surface area contributed by atoms with Crippen molar-refractivity contribution in [1.29, 1.82) is 0 Å². The summed E-state index contributed by atoms with van der Waals surface area (Å²) >= 11 is 0. The van der Waals surface area contributed by atoms with Gasteiger partial charge < -0.3 is 9.52 Å². The standard InChI is InChI=1S/C23H23N3O2/c27-20(13-6-2-5-11-17-9-3-1-4-10-17)23-26-22-21(28-23)15-18(16-25-22)19-12-7-8-14-24-19/h1,3-4,7-10,12,14-16,20,27H,2,5-6,11,13H2. The Hall–Kier alpha value is -3.05. The van der Waals surface area contributed by atoms with Gasteiger partial charge in [-0.1, -0.05) is 49.2 Å². The molecule has 1 unspecified atom stereocenters. The van der Waals surface area contributed by atoms with Crippen molar-refractivity contribution < 1.29 is 9.52 Å². The zero-order valence-electron chi connectivity index (χ0n) is 15.7. The van der Waals surface area contributed by atoms with Crippen LogP contribution in [0.1, 0.15) is 43.2 Å². The van der Waals surface area contributed by atoms with Gasteiger partial charge in [-0.3, -0.25) is 4.98 Å². The van der Waals surface area contributed by atoms with E-state index in [-0.39, 0.29) is 0 Å². The van der Waals surface area contributed by atoms with Gasteiger partial charge in [0, 0.05) is 18.0 Å². The summed E-state index contributed by atoms with van der Waals surface area (Å²) < 4.78 is 5.77. The number of pyridine rings is 2. The van der Waals surface area contributed by atoms with Crippen LogP contribution in [0.3, 0.4) is 0 Å². The maximum absolute atomic E-state index is 10.4. The molecule has 1 atom stereocenters. The number of benzene rings is 1. The summed E-state index contributed by atoms with van der Waals surface area (Å²) in [4.78, 5) is 13.0. The zero-order chi connectivity index (χ0) is 19.2. The minimum Gasteiger partial charge on any atom is -0.436 e. The Kier molecular flexibility index (Phi) is 5.73.